The second-order valence-electron chi connectivity index (χ2n) is 8.50. The van der Waals surface area contributed by atoms with Gasteiger partial charge in [0, 0.05) is 32.0 Å². The number of hydrogen-bond acceptors (Lipinski definition) is 4. The Morgan fingerprint density at radius 2 is 1.75 bits per heavy atom. The van der Waals surface area contributed by atoms with Crippen LogP contribution in [0.5, 0.6) is 0 Å². The first-order valence-corrected chi connectivity index (χ1v) is 11.1. The van der Waals surface area contributed by atoms with Crippen LogP contribution in [0.2, 0.25) is 0 Å². The maximum atomic E-state index is 12.7. The molecule has 1 unspecified atom stereocenters. The minimum Gasteiger partial charge on any atom is -0.350 e. The van der Waals surface area contributed by atoms with Crippen LogP contribution in [0, 0.1) is 19.8 Å². The summed E-state index contributed by atoms with van der Waals surface area (Å²) >= 11 is 0. The van der Waals surface area contributed by atoms with Crippen molar-refractivity contribution in [3.05, 3.63) is 76.6 Å². The van der Waals surface area contributed by atoms with Crippen molar-refractivity contribution in [2.24, 2.45) is 5.92 Å². The Balaban J connectivity index is 1.34. The van der Waals surface area contributed by atoms with E-state index in [4.69, 9.17) is 0 Å². The van der Waals surface area contributed by atoms with E-state index >= 15 is 0 Å². The molecule has 2 heterocycles. The number of nitrogens with zero attached hydrogens (tertiary/aromatic N) is 4. The summed E-state index contributed by atoms with van der Waals surface area (Å²) in [6, 6.07) is 16.3. The van der Waals surface area contributed by atoms with Crippen LogP contribution in [0.4, 0.5) is 0 Å². The molecule has 7 heteroatoms. The SMILES string of the molecule is CCc1ccc(-n2nnc(C(=O)NCC3CC(=O)N(Cc4ccc(C)cc4)C3)c2C)cc1. The standard InChI is InChI=1S/C25H29N5O2/c1-4-19-9-11-22(12-10-19)30-18(3)24(27-28-30)25(32)26-14-21-13-23(31)29(16-21)15-20-7-5-17(2)6-8-20/h5-12,21H,4,13-16H2,1-3H3,(H,26,32). The van der Waals surface area contributed by atoms with Crippen LogP contribution in [0.1, 0.15) is 46.2 Å². The first kappa shape index (κ1) is 21.7. The second-order valence-corrected chi connectivity index (χ2v) is 8.50. The molecular weight excluding hydrogens is 402 g/mol. The van der Waals surface area contributed by atoms with Gasteiger partial charge < -0.3 is 10.2 Å². The third-order valence-electron chi connectivity index (χ3n) is 6.04. The molecular formula is C25H29N5O2. The van der Waals surface area contributed by atoms with Gasteiger partial charge >= 0.3 is 0 Å². The molecule has 2 amide bonds. The van der Waals surface area contributed by atoms with Crippen molar-refractivity contribution in [3.63, 3.8) is 0 Å². The Kier molecular flexibility index (Phi) is 6.35. The summed E-state index contributed by atoms with van der Waals surface area (Å²) in [5.41, 5.74) is 5.44. The molecule has 1 aliphatic rings. The van der Waals surface area contributed by atoms with Gasteiger partial charge in [0.2, 0.25) is 5.91 Å². The zero-order valence-electron chi connectivity index (χ0n) is 18.8. The number of aryl methyl sites for hydroxylation is 2. The van der Waals surface area contributed by atoms with Crippen LogP contribution in [0.25, 0.3) is 5.69 Å². The van der Waals surface area contributed by atoms with Crippen molar-refractivity contribution in [1.29, 1.82) is 0 Å². The lowest BCUT2D eigenvalue weighted by Gasteiger charge is -2.17. The summed E-state index contributed by atoms with van der Waals surface area (Å²) in [4.78, 5) is 27.0. The van der Waals surface area contributed by atoms with E-state index in [1.54, 1.807) is 4.68 Å². The lowest BCUT2D eigenvalue weighted by atomic mass is 10.1. The number of carbonyl (C=O) groups is 2. The molecule has 1 aliphatic heterocycles. The maximum Gasteiger partial charge on any atom is 0.273 e. The lowest BCUT2D eigenvalue weighted by molar-refractivity contribution is -0.128. The predicted octanol–water partition coefficient (Wildman–Crippen LogP) is 3.23. The number of rotatable bonds is 7. The summed E-state index contributed by atoms with van der Waals surface area (Å²) in [6.45, 7) is 7.68. The second kappa shape index (κ2) is 9.34. The largest absolute Gasteiger partial charge is 0.350 e. The summed E-state index contributed by atoms with van der Waals surface area (Å²) < 4.78 is 1.68. The summed E-state index contributed by atoms with van der Waals surface area (Å²) in [7, 11) is 0. The van der Waals surface area contributed by atoms with Gasteiger partial charge in [-0.2, -0.15) is 0 Å². The quantitative estimate of drug-likeness (QED) is 0.623. The number of benzene rings is 2. The zero-order chi connectivity index (χ0) is 22.7. The van der Waals surface area contributed by atoms with Gasteiger partial charge in [0.05, 0.1) is 11.4 Å². The molecule has 0 radical (unpaired) electrons. The third kappa shape index (κ3) is 4.72. The fourth-order valence-corrected chi connectivity index (χ4v) is 4.04. The fourth-order valence-electron chi connectivity index (χ4n) is 4.04. The summed E-state index contributed by atoms with van der Waals surface area (Å²) in [6.07, 6.45) is 1.41. The third-order valence-corrected chi connectivity index (χ3v) is 6.04. The van der Waals surface area contributed by atoms with Gasteiger partial charge in [-0.1, -0.05) is 54.1 Å². The van der Waals surface area contributed by atoms with Crippen LogP contribution >= 0.6 is 0 Å². The fraction of sp³-hybridized carbons (Fsp3) is 0.360. The smallest absolute Gasteiger partial charge is 0.273 e. The average Bonchev–Trinajstić information content (AvgIpc) is 3.36. The van der Waals surface area contributed by atoms with E-state index in [0.29, 0.717) is 37.4 Å². The number of amides is 2. The number of carbonyl (C=O) groups excluding carboxylic acids is 2. The van der Waals surface area contributed by atoms with Crippen molar-refractivity contribution < 1.29 is 9.59 Å². The normalized spacial score (nSPS) is 15.9. The Labute approximate surface area is 188 Å². The monoisotopic (exact) mass is 431 g/mol. The molecule has 0 saturated carbocycles. The first-order chi connectivity index (χ1) is 15.4. The average molecular weight is 432 g/mol. The van der Waals surface area contributed by atoms with Gasteiger partial charge in [-0.15, -0.1) is 5.10 Å². The van der Waals surface area contributed by atoms with Crippen molar-refractivity contribution in [3.8, 4) is 5.69 Å². The first-order valence-electron chi connectivity index (χ1n) is 11.1. The summed E-state index contributed by atoms with van der Waals surface area (Å²) in [5.74, 6) is -0.0420. The van der Waals surface area contributed by atoms with Gasteiger partial charge in [0.25, 0.3) is 5.91 Å². The minimum atomic E-state index is -0.261. The number of aromatic nitrogens is 3. The van der Waals surface area contributed by atoms with E-state index in [-0.39, 0.29) is 17.7 Å². The molecule has 1 aromatic heterocycles. The Bertz CT molecular complexity index is 1100. The van der Waals surface area contributed by atoms with Gasteiger partial charge in [-0.3, -0.25) is 9.59 Å². The Morgan fingerprint density at radius 3 is 2.44 bits per heavy atom. The van der Waals surface area contributed by atoms with Crippen molar-refractivity contribution >= 4 is 11.8 Å². The highest BCUT2D eigenvalue weighted by atomic mass is 16.2. The van der Waals surface area contributed by atoms with Crippen molar-refractivity contribution in [2.75, 3.05) is 13.1 Å². The summed E-state index contributed by atoms with van der Waals surface area (Å²) in [5, 5.41) is 11.2. The van der Waals surface area contributed by atoms with E-state index in [1.807, 2.05) is 30.9 Å². The molecule has 0 aliphatic carbocycles. The number of likely N-dealkylation sites (tertiary alicyclic amines) is 1. The minimum absolute atomic E-state index is 0.0915. The van der Waals surface area contributed by atoms with E-state index in [0.717, 1.165) is 17.7 Å². The van der Waals surface area contributed by atoms with E-state index in [1.165, 1.54) is 11.1 Å². The van der Waals surface area contributed by atoms with Gasteiger partial charge in [-0.25, -0.2) is 4.68 Å². The molecule has 0 spiro atoms. The topological polar surface area (TPSA) is 80.1 Å². The van der Waals surface area contributed by atoms with E-state index < -0.39 is 0 Å². The van der Waals surface area contributed by atoms with Crippen LogP contribution in [-0.4, -0.2) is 44.8 Å². The van der Waals surface area contributed by atoms with Crippen molar-refractivity contribution in [1.82, 2.24) is 25.2 Å². The van der Waals surface area contributed by atoms with Gasteiger partial charge in [-0.05, 0) is 43.5 Å². The number of hydrogen-bond donors (Lipinski definition) is 1. The highest BCUT2D eigenvalue weighted by Crippen LogP contribution is 2.20. The Morgan fingerprint density at radius 1 is 1.06 bits per heavy atom. The molecule has 32 heavy (non-hydrogen) atoms. The lowest BCUT2D eigenvalue weighted by Crippen LogP contribution is -2.31. The maximum absolute atomic E-state index is 12.7. The molecule has 7 nitrogen and oxygen atoms in total. The molecule has 1 atom stereocenters. The molecule has 1 saturated heterocycles. The van der Waals surface area contributed by atoms with Crippen LogP contribution in [0.3, 0.4) is 0 Å². The van der Waals surface area contributed by atoms with Crippen molar-refractivity contribution in [2.45, 2.75) is 40.2 Å². The molecule has 1 N–H and O–H groups in total. The van der Waals surface area contributed by atoms with E-state index in [2.05, 4.69) is 59.0 Å². The highest BCUT2D eigenvalue weighted by Gasteiger charge is 2.30. The zero-order valence-corrected chi connectivity index (χ0v) is 18.8. The highest BCUT2D eigenvalue weighted by molar-refractivity contribution is 5.93. The molecule has 1 fully saturated rings. The number of nitrogens with one attached hydrogen (secondary N) is 1. The molecule has 4 rings (SSSR count). The molecule has 0 bridgehead atoms. The van der Waals surface area contributed by atoms with Gasteiger partial charge in [0.15, 0.2) is 5.69 Å². The van der Waals surface area contributed by atoms with Crippen LogP contribution < -0.4 is 5.32 Å². The van der Waals surface area contributed by atoms with Gasteiger partial charge in [0.1, 0.15) is 0 Å². The molecule has 3 aromatic rings. The van der Waals surface area contributed by atoms with Crippen LogP contribution in [-0.2, 0) is 17.8 Å². The molecule has 166 valence electrons. The predicted molar refractivity (Wildman–Crippen MR) is 123 cm³/mol. The van der Waals surface area contributed by atoms with Crippen LogP contribution in [0.15, 0.2) is 48.5 Å². The molecule has 2 aromatic carbocycles. The van der Waals surface area contributed by atoms with E-state index in [9.17, 15) is 9.59 Å². The Hall–Kier alpha value is -3.48.